The fourth-order valence-corrected chi connectivity index (χ4v) is 4.38. The smallest absolute Gasteiger partial charge is 0.330 e. The van der Waals surface area contributed by atoms with E-state index in [9.17, 15) is 19.2 Å². The molecule has 2 aromatic carbocycles. The molecule has 0 aromatic heterocycles. The molecule has 1 heterocycles. The highest BCUT2D eigenvalue weighted by Crippen LogP contribution is 2.36. The van der Waals surface area contributed by atoms with Crippen molar-refractivity contribution in [1.82, 2.24) is 4.90 Å². The number of allylic oxidation sites excluding steroid dienone is 2. The number of fused-ring (bicyclic) bond motifs is 1. The zero-order valence-corrected chi connectivity index (χ0v) is 18.4. The molecule has 170 valence electrons. The monoisotopic (exact) mass is 446 g/mol. The van der Waals surface area contributed by atoms with Crippen molar-refractivity contribution >= 4 is 29.4 Å². The summed E-state index contributed by atoms with van der Waals surface area (Å²) in [6, 6.07) is 15.3. The summed E-state index contributed by atoms with van der Waals surface area (Å²) in [6.45, 7) is 1.35. The van der Waals surface area contributed by atoms with E-state index in [1.807, 2.05) is 61.5 Å². The summed E-state index contributed by atoms with van der Waals surface area (Å²) >= 11 is 0. The van der Waals surface area contributed by atoms with Gasteiger partial charge >= 0.3 is 5.97 Å². The van der Waals surface area contributed by atoms with Crippen LogP contribution < -0.4 is 5.32 Å². The first-order chi connectivity index (χ1) is 16.0. The van der Waals surface area contributed by atoms with Crippen LogP contribution in [0.15, 0.2) is 66.7 Å². The lowest BCUT2D eigenvalue weighted by molar-refractivity contribution is -0.159. The second-order valence-electron chi connectivity index (χ2n) is 8.38. The molecule has 0 unspecified atom stereocenters. The van der Waals surface area contributed by atoms with E-state index in [1.165, 1.54) is 0 Å². The molecular weight excluding hydrogens is 420 g/mol. The summed E-state index contributed by atoms with van der Waals surface area (Å²) in [6.07, 6.45) is 4.89. The third-order valence-electron chi connectivity index (χ3n) is 6.16. The number of esters is 1. The second kappa shape index (κ2) is 9.81. The molecule has 2 aliphatic rings. The van der Waals surface area contributed by atoms with Gasteiger partial charge in [-0.1, -0.05) is 60.7 Å². The molecule has 1 aliphatic carbocycles. The molecular formula is C26H26N2O5. The molecule has 1 saturated heterocycles. The Bertz CT molecular complexity index is 1070. The van der Waals surface area contributed by atoms with Crippen LogP contribution in [0, 0.1) is 18.8 Å². The van der Waals surface area contributed by atoms with Crippen molar-refractivity contribution in [3.8, 4) is 0 Å². The number of carbonyl (C=O) groups excluding carboxylic acids is 4. The maximum absolute atomic E-state index is 13.1. The van der Waals surface area contributed by atoms with Gasteiger partial charge in [-0.05, 0) is 37.0 Å². The maximum Gasteiger partial charge on any atom is 0.330 e. The van der Waals surface area contributed by atoms with Gasteiger partial charge in [0.2, 0.25) is 11.8 Å². The molecule has 0 bridgehead atoms. The van der Waals surface area contributed by atoms with Crippen molar-refractivity contribution in [3.05, 3.63) is 77.9 Å². The minimum absolute atomic E-state index is 0.128. The van der Waals surface area contributed by atoms with E-state index in [0.29, 0.717) is 18.5 Å². The molecule has 0 radical (unpaired) electrons. The number of likely N-dealkylation sites (tertiary alicyclic amines) is 1. The number of imide groups is 1. The summed E-state index contributed by atoms with van der Waals surface area (Å²) in [5.41, 5.74) is 2.29. The van der Waals surface area contributed by atoms with E-state index in [1.54, 1.807) is 12.1 Å². The van der Waals surface area contributed by atoms with Crippen molar-refractivity contribution in [1.29, 1.82) is 0 Å². The highest BCUT2D eigenvalue weighted by atomic mass is 16.5. The Morgan fingerprint density at radius 1 is 0.970 bits per heavy atom. The fraction of sp³-hybridized carbons (Fsp3) is 0.308. The molecule has 1 aliphatic heterocycles. The highest BCUT2D eigenvalue weighted by molar-refractivity contribution is 6.08. The standard InChI is InChI=1S/C26H26N2O5/c1-17-9-5-8-14-21(17)27-23(29)16-33-26(32)22(15-18-10-3-2-4-11-18)28-24(30)19-12-6-7-13-20(19)25(28)31/h2-11,14,19-20,22H,12-13,15-16H2,1H3,(H,27,29)/t19-,20+,22-/m0/s1. The predicted molar refractivity (Wildman–Crippen MR) is 122 cm³/mol. The summed E-state index contributed by atoms with van der Waals surface area (Å²) in [7, 11) is 0. The van der Waals surface area contributed by atoms with Crippen LogP contribution in [0.5, 0.6) is 0 Å². The third-order valence-corrected chi connectivity index (χ3v) is 6.16. The Kier molecular flexibility index (Phi) is 6.68. The van der Waals surface area contributed by atoms with Gasteiger partial charge < -0.3 is 10.1 Å². The Hall–Kier alpha value is -3.74. The zero-order chi connectivity index (χ0) is 23.4. The number of ether oxygens (including phenoxy) is 1. The van der Waals surface area contributed by atoms with Crippen LogP contribution in [-0.4, -0.2) is 41.2 Å². The number of anilines is 1. The Balaban J connectivity index is 1.49. The fourth-order valence-electron chi connectivity index (χ4n) is 4.38. The van der Waals surface area contributed by atoms with Crippen molar-refractivity contribution < 1.29 is 23.9 Å². The molecule has 0 saturated carbocycles. The van der Waals surface area contributed by atoms with Gasteiger partial charge in [-0.15, -0.1) is 0 Å². The lowest BCUT2D eigenvalue weighted by Gasteiger charge is -2.25. The van der Waals surface area contributed by atoms with Gasteiger partial charge in [0, 0.05) is 12.1 Å². The second-order valence-corrected chi connectivity index (χ2v) is 8.38. The van der Waals surface area contributed by atoms with Crippen molar-refractivity contribution in [2.75, 3.05) is 11.9 Å². The zero-order valence-electron chi connectivity index (χ0n) is 18.4. The molecule has 7 heteroatoms. The number of amides is 3. The van der Waals surface area contributed by atoms with Gasteiger partial charge in [0.05, 0.1) is 11.8 Å². The Labute approximate surface area is 192 Å². The summed E-state index contributed by atoms with van der Waals surface area (Å²) < 4.78 is 5.30. The number of nitrogens with one attached hydrogen (secondary N) is 1. The topological polar surface area (TPSA) is 92.8 Å². The van der Waals surface area contributed by atoms with Gasteiger partial charge in [-0.25, -0.2) is 4.79 Å². The minimum Gasteiger partial charge on any atom is -0.454 e. The van der Waals surface area contributed by atoms with Crippen LogP contribution in [0.4, 0.5) is 5.69 Å². The molecule has 2 aromatic rings. The van der Waals surface area contributed by atoms with E-state index in [2.05, 4.69) is 5.32 Å². The van der Waals surface area contributed by atoms with Crippen LogP contribution in [0.3, 0.4) is 0 Å². The number of hydrogen-bond donors (Lipinski definition) is 1. The van der Waals surface area contributed by atoms with Crippen LogP contribution in [0.25, 0.3) is 0 Å². The van der Waals surface area contributed by atoms with E-state index in [-0.39, 0.29) is 18.2 Å². The number of para-hydroxylation sites is 1. The van der Waals surface area contributed by atoms with Crippen LogP contribution in [0.1, 0.15) is 24.0 Å². The number of hydrogen-bond acceptors (Lipinski definition) is 5. The number of rotatable bonds is 7. The van der Waals surface area contributed by atoms with Crippen molar-refractivity contribution in [2.24, 2.45) is 11.8 Å². The number of benzene rings is 2. The number of nitrogens with zero attached hydrogens (tertiary/aromatic N) is 1. The largest absolute Gasteiger partial charge is 0.454 e. The molecule has 33 heavy (non-hydrogen) atoms. The first-order valence-electron chi connectivity index (χ1n) is 11.0. The van der Waals surface area contributed by atoms with E-state index in [4.69, 9.17) is 4.74 Å². The van der Waals surface area contributed by atoms with Crippen LogP contribution >= 0.6 is 0 Å². The SMILES string of the molecule is Cc1ccccc1NC(=O)COC(=O)[C@H](Cc1ccccc1)N1C(=O)[C@H]2CC=CC[C@H]2C1=O. The van der Waals surface area contributed by atoms with Crippen molar-refractivity contribution in [3.63, 3.8) is 0 Å². The molecule has 0 spiro atoms. The van der Waals surface area contributed by atoms with Gasteiger partial charge in [0.25, 0.3) is 5.91 Å². The summed E-state index contributed by atoms with van der Waals surface area (Å²) in [4.78, 5) is 52.7. The number of carbonyl (C=O) groups is 4. The first-order valence-corrected chi connectivity index (χ1v) is 11.0. The van der Waals surface area contributed by atoms with Crippen LogP contribution in [0.2, 0.25) is 0 Å². The molecule has 7 nitrogen and oxygen atoms in total. The lowest BCUT2D eigenvalue weighted by Crippen LogP contribution is -2.48. The highest BCUT2D eigenvalue weighted by Gasteiger charge is 2.51. The van der Waals surface area contributed by atoms with Crippen LogP contribution in [-0.2, 0) is 30.3 Å². The van der Waals surface area contributed by atoms with E-state index < -0.39 is 36.4 Å². The summed E-state index contributed by atoms with van der Waals surface area (Å²) in [5.74, 6) is -2.86. The molecule has 1 N–H and O–H groups in total. The van der Waals surface area contributed by atoms with E-state index in [0.717, 1.165) is 16.0 Å². The predicted octanol–water partition coefficient (Wildman–Crippen LogP) is 3.04. The average Bonchev–Trinajstić information content (AvgIpc) is 3.08. The van der Waals surface area contributed by atoms with Gasteiger partial charge in [0.1, 0.15) is 6.04 Å². The molecule has 1 fully saturated rings. The molecule has 3 atom stereocenters. The summed E-state index contributed by atoms with van der Waals surface area (Å²) in [5, 5.41) is 2.71. The van der Waals surface area contributed by atoms with Gasteiger partial charge in [-0.3, -0.25) is 19.3 Å². The van der Waals surface area contributed by atoms with Gasteiger partial charge in [0.15, 0.2) is 6.61 Å². The van der Waals surface area contributed by atoms with Gasteiger partial charge in [-0.2, -0.15) is 0 Å². The van der Waals surface area contributed by atoms with E-state index >= 15 is 0 Å². The normalized spacial score (nSPS) is 20.3. The van der Waals surface area contributed by atoms with Crippen molar-refractivity contribution in [2.45, 2.75) is 32.2 Å². The minimum atomic E-state index is -1.12. The average molecular weight is 447 g/mol. The molecule has 4 rings (SSSR count). The third kappa shape index (κ3) is 4.87. The Morgan fingerprint density at radius 3 is 2.21 bits per heavy atom. The number of aryl methyl sites for hydroxylation is 1. The quantitative estimate of drug-likeness (QED) is 0.401. The molecule has 3 amide bonds. The lowest BCUT2D eigenvalue weighted by atomic mass is 9.85. The maximum atomic E-state index is 13.1. The Morgan fingerprint density at radius 2 is 1.58 bits per heavy atom. The first kappa shape index (κ1) is 22.5.